The molecular weight excluding hydrogens is 298 g/mol. The van der Waals surface area contributed by atoms with E-state index in [4.69, 9.17) is 4.74 Å². The monoisotopic (exact) mass is 323 g/mol. The number of nitriles is 1. The lowest BCUT2D eigenvalue weighted by Gasteiger charge is -2.38. The second-order valence-corrected chi connectivity index (χ2v) is 6.58. The van der Waals surface area contributed by atoms with Gasteiger partial charge in [-0.3, -0.25) is 0 Å². The first-order valence-corrected chi connectivity index (χ1v) is 8.30. The van der Waals surface area contributed by atoms with Gasteiger partial charge in [-0.2, -0.15) is 5.26 Å². The van der Waals surface area contributed by atoms with Crippen molar-refractivity contribution in [2.24, 2.45) is 0 Å². The van der Waals surface area contributed by atoms with Crippen LogP contribution in [0.4, 0.5) is 0 Å². The first-order chi connectivity index (χ1) is 11.5. The first kappa shape index (κ1) is 18.2. The molecule has 0 spiro atoms. The summed E-state index contributed by atoms with van der Waals surface area (Å²) in [6.07, 6.45) is 1.26. The lowest BCUT2D eigenvalue weighted by Crippen LogP contribution is -2.46. The summed E-state index contributed by atoms with van der Waals surface area (Å²) < 4.78 is 5.72. The van der Waals surface area contributed by atoms with Crippen LogP contribution in [-0.4, -0.2) is 17.3 Å². The predicted octanol–water partition coefficient (Wildman–Crippen LogP) is 4.22. The van der Waals surface area contributed by atoms with Gasteiger partial charge in [-0.25, -0.2) is 0 Å². The average molecular weight is 323 g/mol. The Morgan fingerprint density at radius 3 is 2.12 bits per heavy atom. The Bertz CT molecular complexity index is 656. The van der Waals surface area contributed by atoms with Gasteiger partial charge in [0.05, 0.1) is 18.3 Å². The third-order valence-electron chi connectivity index (χ3n) is 4.45. The van der Waals surface area contributed by atoms with Crippen molar-refractivity contribution in [1.82, 2.24) is 0 Å². The van der Waals surface area contributed by atoms with Crippen molar-refractivity contribution in [3.63, 3.8) is 0 Å². The number of hydrogen-bond donors (Lipinski definition) is 1. The van der Waals surface area contributed by atoms with Crippen LogP contribution in [0.5, 0.6) is 0 Å². The highest BCUT2D eigenvalue weighted by Gasteiger charge is 2.45. The molecule has 0 heterocycles. The SMILES string of the molecule is CC(C)(O)C(C#N)(CCCOCc1ccccc1)c1ccccc1. The van der Waals surface area contributed by atoms with Gasteiger partial charge in [0.15, 0.2) is 0 Å². The summed E-state index contributed by atoms with van der Waals surface area (Å²) >= 11 is 0. The van der Waals surface area contributed by atoms with E-state index in [2.05, 4.69) is 6.07 Å². The maximum atomic E-state index is 10.7. The maximum absolute atomic E-state index is 10.7. The molecule has 2 aromatic rings. The molecule has 1 N–H and O–H groups in total. The van der Waals surface area contributed by atoms with Gasteiger partial charge in [0, 0.05) is 6.61 Å². The molecule has 2 rings (SSSR count). The van der Waals surface area contributed by atoms with Crippen LogP contribution in [-0.2, 0) is 16.8 Å². The standard InChI is InChI=1S/C21H25NO2/c1-20(2,23)21(17-22,19-12-7-4-8-13-19)14-9-15-24-16-18-10-5-3-6-11-18/h3-8,10-13,23H,9,14-16H2,1-2H3. The second kappa shape index (κ2) is 8.10. The van der Waals surface area contributed by atoms with Gasteiger partial charge in [-0.05, 0) is 37.8 Å². The Morgan fingerprint density at radius 2 is 1.58 bits per heavy atom. The molecule has 0 radical (unpaired) electrons. The molecule has 3 nitrogen and oxygen atoms in total. The van der Waals surface area contributed by atoms with Crippen molar-refractivity contribution in [2.75, 3.05) is 6.61 Å². The molecule has 0 aliphatic carbocycles. The van der Waals surface area contributed by atoms with E-state index in [0.29, 0.717) is 26.1 Å². The first-order valence-electron chi connectivity index (χ1n) is 8.30. The predicted molar refractivity (Wildman–Crippen MR) is 95.4 cm³/mol. The fourth-order valence-electron chi connectivity index (χ4n) is 2.99. The quantitative estimate of drug-likeness (QED) is 0.740. The summed E-state index contributed by atoms with van der Waals surface area (Å²) in [5, 5.41) is 20.5. The highest BCUT2D eigenvalue weighted by Crippen LogP contribution is 2.39. The zero-order chi connectivity index (χ0) is 17.5. The number of aliphatic hydroxyl groups is 1. The lowest BCUT2D eigenvalue weighted by atomic mass is 9.67. The van der Waals surface area contributed by atoms with Crippen molar-refractivity contribution in [3.8, 4) is 6.07 Å². The number of nitrogens with zero attached hydrogens (tertiary/aromatic N) is 1. The molecule has 2 aromatic carbocycles. The third kappa shape index (κ3) is 4.23. The Labute approximate surface area is 144 Å². The summed E-state index contributed by atoms with van der Waals surface area (Å²) in [6.45, 7) is 4.53. The Balaban J connectivity index is 1.99. The molecule has 0 aliphatic rings. The summed E-state index contributed by atoms with van der Waals surface area (Å²) in [5.41, 5.74) is -0.0925. The molecule has 1 atom stereocenters. The van der Waals surface area contributed by atoms with Gasteiger partial charge in [0.25, 0.3) is 0 Å². The zero-order valence-corrected chi connectivity index (χ0v) is 14.4. The van der Waals surface area contributed by atoms with Crippen LogP contribution in [0.1, 0.15) is 37.8 Å². The van der Waals surface area contributed by atoms with Crippen LogP contribution in [0.2, 0.25) is 0 Å². The molecular formula is C21H25NO2. The highest BCUT2D eigenvalue weighted by atomic mass is 16.5. The van der Waals surface area contributed by atoms with Crippen molar-refractivity contribution in [2.45, 2.75) is 44.3 Å². The van der Waals surface area contributed by atoms with Crippen LogP contribution in [0.25, 0.3) is 0 Å². The smallest absolute Gasteiger partial charge is 0.110 e. The van der Waals surface area contributed by atoms with Crippen molar-refractivity contribution in [3.05, 3.63) is 71.8 Å². The van der Waals surface area contributed by atoms with Gasteiger partial charge < -0.3 is 9.84 Å². The number of hydrogen-bond acceptors (Lipinski definition) is 3. The maximum Gasteiger partial charge on any atom is 0.110 e. The largest absolute Gasteiger partial charge is 0.388 e. The highest BCUT2D eigenvalue weighted by molar-refractivity contribution is 5.36. The number of ether oxygens (including phenoxy) is 1. The molecule has 0 saturated carbocycles. The molecule has 0 aromatic heterocycles. The summed E-state index contributed by atoms with van der Waals surface area (Å²) in [5.74, 6) is 0. The summed E-state index contributed by atoms with van der Waals surface area (Å²) in [7, 11) is 0. The molecule has 3 heteroatoms. The summed E-state index contributed by atoms with van der Waals surface area (Å²) in [4.78, 5) is 0. The minimum absolute atomic E-state index is 0.547. The number of rotatable bonds is 8. The van der Waals surface area contributed by atoms with Gasteiger partial charge in [-0.1, -0.05) is 60.7 Å². The van der Waals surface area contributed by atoms with Crippen LogP contribution in [0.3, 0.4) is 0 Å². The Kier molecular flexibility index (Phi) is 6.14. The minimum Gasteiger partial charge on any atom is -0.388 e. The van der Waals surface area contributed by atoms with E-state index in [1.807, 2.05) is 60.7 Å². The average Bonchev–Trinajstić information content (AvgIpc) is 2.59. The van der Waals surface area contributed by atoms with Gasteiger partial charge in [-0.15, -0.1) is 0 Å². The molecule has 0 aliphatic heterocycles. The van der Waals surface area contributed by atoms with Crippen molar-refractivity contribution in [1.29, 1.82) is 5.26 Å². The lowest BCUT2D eigenvalue weighted by molar-refractivity contribution is 0.00917. The van der Waals surface area contributed by atoms with Gasteiger partial charge in [0.1, 0.15) is 5.41 Å². The van der Waals surface area contributed by atoms with E-state index < -0.39 is 11.0 Å². The fraction of sp³-hybridized carbons (Fsp3) is 0.381. The third-order valence-corrected chi connectivity index (χ3v) is 4.45. The normalized spacial score (nSPS) is 13.9. The van der Waals surface area contributed by atoms with E-state index in [1.54, 1.807) is 13.8 Å². The van der Waals surface area contributed by atoms with Gasteiger partial charge in [0.2, 0.25) is 0 Å². The second-order valence-electron chi connectivity index (χ2n) is 6.58. The molecule has 0 fully saturated rings. The van der Waals surface area contributed by atoms with Crippen LogP contribution >= 0.6 is 0 Å². The van der Waals surface area contributed by atoms with E-state index in [0.717, 1.165) is 11.1 Å². The van der Waals surface area contributed by atoms with Crippen LogP contribution in [0.15, 0.2) is 60.7 Å². The molecule has 126 valence electrons. The molecule has 24 heavy (non-hydrogen) atoms. The van der Waals surface area contributed by atoms with Crippen molar-refractivity contribution < 1.29 is 9.84 Å². The molecule has 0 bridgehead atoms. The zero-order valence-electron chi connectivity index (χ0n) is 14.4. The van der Waals surface area contributed by atoms with Gasteiger partial charge >= 0.3 is 0 Å². The van der Waals surface area contributed by atoms with E-state index in [1.165, 1.54) is 0 Å². The minimum atomic E-state index is -1.14. The number of benzene rings is 2. The summed E-state index contributed by atoms with van der Waals surface area (Å²) in [6, 6.07) is 21.9. The van der Waals surface area contributed by atoms with E-state index in [9.17, 15) is 10.4 Å². The molecule has 0 saturated heterocycles. The Morgan fingerprint density at radius 1 is 1.00 bits per heavy atom. The molecule has 1 unspecified atom stereocenters. The molecule has 0 amide bonds. The van der Waals surface area contributed by atoms with E-state index >= 15 is 0 Å². The van der Waals surface area contributed by atoms with Crippen molar-refractivity contribution >= 4 is 0 Å². The Hall–Kier alpha value is -2.15. The van der Waals surface area contributed by atoms with E-state index in [-0.39, 0.29) is 0 Å². The topological polar surface area (TPSA) is 53.2 Å². The fourth-order valence-corrected chi connectivity index (χ4v) is 2.99. The van der Waals surface area contributed by atoms with Crippen LogP contribution in [0, 0.1) is 11.3 Å². The van der Waals surface area contributed by atoms with Crippen LogP contribution < -0.4 is 0 Å².